The summed E-state index contributed by atoms with van der Waals surface area (Å²) in [6.45, 7) is 58.8. The Hall–Kier alpha value is -11.1. The number of alkyl halides is 15. The number of carbonyl (C=O) groups excluding carboxylic acids is 5. The molecule has 0 aliphatic carbocycles. The Morgan fingerprint density at radius 2 is 0.615 bits per heavy atom. The second kappa shape index (κ2) is 36.2. The number of hydrogen-bond donors (Lipinski definition) is 3. The topological polar surface area (TPSA) is 249 Å². The van der Waals surface area contributed by atoms with Gasteiger partial charge in [-0.05, 0) is 168 Å². The van der Waals surface area contributed by atoms with E-state index in [0.29, 0.717) is 0 Å². The van der Waals surface area contributed by atoms with Gasteiger partial charge in [0.25, 0.3) is 0 Å². The average molecular weight is 1690 g/mol. The van der Waals surface area contributed by atoms with Gasteiger partial charge >= 0.3 is 61.3 Å². The van der Waals surface area contributed by atoms with E-state index in [1.54, 1.807) is 41.5 Å². The first-order valence-electron chi connectivity index (χ1n) is 35.0. The number of anilines is 5. The molecule has 5 fully saturated rings. The Labute approximate surface area is 662 Å². The van der Waals surface area contributed by atoms with Gasteiger partial charge in [0.15, 0.2) is 43.0 Å². The van der Waals surface area contributed by atoms with Crippen molar-refractivity contribution in [1.82, 2.24) is 0 Å². The van der Waals surface area contributed by atoms with E-state index in [2.05, 4.69) is 24.2 Å². The maximum Gasteiger partial charge on any atom is 0.417 e. The van der Waals surface area contributed by atoms with Gasteiger partial charge < -0.3 is 48.2 Å². The minimum absolute atomic E-state index is 0.0147. The number of nitrogens with zero attached hydrogens (tertiary/aromatic N) is 10. The van der Waals surface area contributed by atoms with Crippen LogP contribution in [0, 0.1) is 67.5 Å². The Morgan fingerprint density at radius 1 is 0.393 bits per heavy atom. The van der Waals surface area contributed by atoms with Crippen LogP contribution in [0.5, 0.6) is 0 Å². The number of aliphatic hydroxyl groups excluding tert-OH is 3. The van der Waals surface area contributed by atoms with Gasteiger partial charge in [-0.25, -0.2) is 53.1 Å². The molecule has 0 spiro atoms. The number of benzene rings is 5. The molecule has 5 aromatic carbocycles. The highest BCUT2D eigenvalue weighted by molar-refractivity contribution is 6.69. The van der Waals surface area contributed by atoms with Crippen LogP contribution in [0.2, 0.25) is 19.6 Å². The summed E-state index contributed by atoms with van der Waals surface area (Å²) in [5, 5.41) is 29.1. The Morgan fingerprint density at radius 3 is 0.855 bits per heavy atom. The first kappa shape index (κ1) is 94.7. The van der Waals surface area contributed by atoms with Crippen molar-refractivity contribution in [2.75, 3.05) is 38.2 Å². The number of carbonyl (C=O) groups is 5. The van der Waals surface area contributed by atoms with Crippen molar-refractivity contribution < 1.29 is 138 Å². The van der Waals surface area contributed by atoms with Crippen LogP contribution in [-0.4, -0.2) is 147 Å². The van der Waals surface area contributed by atoms with E-state index in [1.165, 1.54) is 90.8 Å². The summed E-state index contributed by atoms with van der Waals surface area (Å²) in [4.78, 5) is 80.1. The molecule has 0 aromatic heterocycles. The van der Waals surface area contributed by atoms with Gasteiger partial charge in [0.1, 0.15) is 54.7 Å². The number of hydrogen-bond acceptors (Lipinski definition) is 15. The third-order valence-corrected chi connectivity index (χ3v) is 20.2. The van der Waals surface area contributed by atoms with Gasteiger partial charge in [0.05, 0.1) is 91.3 Å². The van der Waals surface area contributed by atoms with Gasteiger partial charge in [-0.2, -0.15) is 65.9 Å². The molecule has 25 nitrogen and oxygen atoms in total. The monoisotopic (exact) mass is 1680 g/mol. The molecule has 0 saturated carbocycles. The van der Waals surface area contributed by atoms with E-state index in [0.717, 1.165) is 49.9 Å². The summed E-state index contributed by atoms with van der Waals surface area (Å²) < 4.78 is 236. The SMILES string of the molecule is [C-]#[N+]c1ccc(N2C(=O)O[C@@H](C)[C@@H]2C(C)O[Si](C)(C)C)c(C)c1C(F)(F)F.[C-]#[N+]c1ccc(N2C(=O)O[C@@H](C)[C@@H]2CO)c(C)c1C(F)(F)F.[C-]#[N+]c1ccc(N2C(=O)O[C@@H](C)[C@@H]2OC)c(C)c1C(F)(F)F.[C-]#[N+]c1ccc(N2C(=O)O[C@@H](C)[C@@H]2[C@@H](C)O)c(C)c1C(F)(F)F.[C-]#[N+]c1ccc(N2C(=O)O[C@@H](C)[C@@H]2[C@H](C)O)c(C)c1C(F)(F)F. The lowest BCUT2D eigenvalue weighted by molar-refractivity contribution is -0.138. The summed E-state index contributed by atoms with van der Waals surface area (Å²) in [6, 6.07) is 8.71. The van der Waals surface area contributed by atoms with Crippen molar-refractivity contribution in [2.45, 2.75) is 220 Å². The number of ether oxygens (including phenoxy) is 6. The van der Waals surface area contributed by atoms with Gasteiger partial charge in [-0.3, -0.25) is 19.6 Å². The average Bonchev–Trinajstić information content (AvgIpc) is 1.73. The second-order valence-electron chi connectivity index (χ2n) is 28.1. The summed E-state index contributed by atoms with van der Waals surface area (Å²) >= 11 is 0. The summed E-state index contributed by atoms with van der Waals surface area (Å²) in [5.74, 6) is 0. The van der Waals surface area contributed by atoms with Gasteiger partial charge in [-0.1, -0.05) is 30.3 Å². The molecule has 41 heteroatoms. The number of rotatable bonds is 12. The fourth-order valence-electron chi connectivity index (χ4n) is 14.3. The Bertz CT molecular complexity index is 4600. The number of amides is 5. The molecular formula is C76H79F15N10O15Si. The summed E-state index contributed by atoms with van der Waals surface area (Å²) in [6.07, 6.45) is -33.9. The lowest BCUT2D eigenvalue weighted by Gasteiger charge is -2.34. The zero-order chi connectivity index (χ0) is 89.1. The number of aliphatic hydroxyl groups is 3. The number of methoxy groups -OCH3 is 1. The number of cyclic esters (lactones) is 5. The van der Waals surface area contributed by atoms with Crippen molar-refractivity contribution in [3.63, 3.8) is 0 Å². The highest BCUT2D eigenvalue weighted by Gasteiger charge is 2.52. The van der Waals surface area contributed by atoms with Crippen molar-refractivity contribution in [3.8, 4) is 0 Å². The van der Waals surface area contributed by atoms with Gasteiger partial charge in [0.2, 0.25) is 0 Å². The second-order valence-corrected chi connectivity index (χ2v) is 32.6. The van der Waals surface area contributed by atoms with Crippen molar-refractivity contribution >= 4 is 95.7 Å². The Kier molecular flexibility index (Phi) is 29.3. The van der Waals surface area contributed by atoms with Crippen LogP contribution in [0.3, 0.4) is 0 Å². The molecule has 5 amide bonds. The minimum atomic E-state index is -4.73. The molecule has 117 heavy (non-hydrogen) atoms. The largest absolute Gasteiger partial charge is 0.444 e. The lowest BCUT2D eigenvalue weighted by Crippen LogP contribution is -2.48. The van der Waals surface area contributed by atoms with Crippen LogP contribution in [0.1, 0.15) is 111 Å². The Balaban J connectivity index is 0.000000228. The van der Waals surface area contributed by atoms with Gasteiger partial charge in [-0.15, -0.1) is 0 Å². The third kappa shape index (κ3) is 20.1. The van der Waals surface area contributed by atoms with Crippen molar-refractivity contribution in [2.24, 2.45) is 0 Å². The molecule has 5 saturated heterocycles. The van der Waals surface area contributed by atoms with Crippen LogP contribution in [0.15, 0.2) is 60.7 Å². The van der Waals surface area contributed by atoms with Crippen LogP contribution < -0.4 is 24.5 Å². The van der Waals surface area contributed by atoms with Crippen molar-refractivity contribution in [3.05, 3.63) is 173 Å². The van der Waals surface area contributed by atoms with Crippen LogP contribution in [-0.2, 0) is 63.7 Å². The predicted octanol–water partition coefficient (Wildman–Crippen LogP) is 20.0. The van der Waals surface area contributed by atoms with E-state index in [-0.39, 0.29) is 56.3 Å². The first-order valence-corrected chi connectivity index (χ1v) is 38.4. The zero-order valence-electron chi connectivity index (χ0n) is 65.4. The molecule has 0 radical (unpaired) electrons. The molecule has 5 aromatic rings. The summed E-state index contributed by atoms with van der Waals surface area (Å²) in [7, 11) is -0.616. The van der Waals surface area contributed by atoms with E-state index >= 15 is 0 Å². The van der Waals surface area contributed by atoms with Gasteiger partial charge in [0, 0.05) is 29.9 Å². The third-order valence-electron chi connectivity index (χ3n) is 19.1. The first-order chi connectivity index (χ1) is 53.9. The molecule has 10 rings (SSSR count). The van der Waals surface area contributed by atoms with Crippen molar-refractivity contribution in [1.29, 1.82) is 0 Å². The molecule has 632 valence electrons. The van der Waals surface area contributed by atoms with E-state index in [9.17, 15) is 105 Å². The molecule has 5 aliphatic heterocycles. The van der Waals surface area contributed by atoms with E-state index in [1.807, 2.05) is 19.6 Å². The lowest BCUT2D eigenvalue weighted by atomic mass is 10.00. The van der Waals surface area contributed by atoms with Crippen LogP contribution in [0.25, 0.3) is 24.2 Å². The highest BCUT2D eigenvalue weighted by atomic mass is 28.4. The molecule has 1 unspecified atom stereocenters. The maximum absolute atomic E-state index is 13.5. The normalized spacial score (nSPS) is 22.1. The minimum Gasteiger partial charge on any atom is -0.444 e. The quantitative estimate of drug-likeness (QED) is 0.0455. The smallest absolute Gasteiger partial charge is 0.417 e. The molecule has 5 aliphatic rings. The zero-order valence-corrected chi connectivity index (χ0v) is 66.4. The molecule has 3 N–H and O–H groups in total. The van der Waals surface area contributed by atoms with Crippen LogP contribution >= 0.6 is 0 Å². The van der Waals surface area contributed by atoms with E-state index in [4.69, 9.17) is 65.7 Å². The molecule has 5 heterocycles. The highest BCUT2D eigenvalue weighted by Crippen LogP contribution is 2.50. The fourth-order valence-corrected chi connectivity index (χ4v) is 15.6. The fraction of sp³-hybridized carbons (Fsp3) is 0.474. The standard InChI is InChI=1S/C18H23F3N2O3Si.2C15H15F3N2O3.2C14H13F3N2O3/c1-10-14(9-8-13(22-4)15(10)18(19,20)21)23-16(11(2)25-17(23)24)12(3)26-27(5,6)7;2*1-7-11(6-5-10(19-4)12(7)15(16,17)18)20-13(8(2)21)9(3)23-14(20)22;1-7-10(19-12(21-4)8(2)22-13(19)20)6-5-9(18-3)11(7)14(15,16)17;1-7-10(19-11(6-20)8(2)22-13(19)21)5-4-9(18-3)12(7)14(15,16)17/h8-9,11-12,16H,1-3,5-7H3;2*5-6,8-9,13,21H,1-3H3;5-6,8,12H,1-2,4H3;4-5,8,11,20H,6H2,1-2H3/t11-,12?,16+;8-,9+,13+;8-,9-,13-;8-,12-;8-,11-/m01000/s1. The maximum atomic E-state index is 13.5. The molecular weight excluding hydrogens is 1610 g/mol. The molecule has 0 bridgehead atoms. The number of halogens is 15. The molecule has 13 atom stereocenters. The van der Waals surface area contributed by atoms with Crippen LogP contribution in [0.4, 0.5) is 147 Å². The van der Waals surface area contributed by atoms with E-state index < -0.39 is 212 Å². The predicted molar refractivity (Wildman–Crippen MR) is 395 cm³/mol. The summed E-state index contributed by atoms with van der Waals surface area (Å²) in [5.41, 5.74) is -9.03.